The zero-order chi connectivity index (χ0) is 17.6. The Kier molecular flexibility index (Phi) is 5.23. The lowest BCUT2D eigenvalue weighted by atomic mass is 10.1. The first kappa shape index (κ1) is 16.9. The van der Waals surface area contributed by atoms with E-state index in [4.69, 9.17) is 0 Å². The van der Waals surface area contributed by atoms with Gasteiger partial charge in [-0.25, -0.2) is 0 Å². The second-order valence-corrected chi connectivity index (χ2v) is 5.85. The van der Waals surface area contributed by atoms with Gasteiger partial charge in [0.2, 0.25) is 5.82 Å². The molecule has 1 aromatic carbocycles. The number of allylic oxidation sites excluding steroid dienone is 1. The summed E-state index contributed by atoms with van der Waals surface area (Å²) in [4.78, 5) is 4.58. The first-order chi connectivity index (χ1) is 12.2. The van der Waals surface area contributed by atoms with Gasteiger partial charge in [-0.15, -0.1) is 10.2 Å². The van der Waals surface area contributed by atoms with Crippen LogP contribution in [0.5, 0.6) is 0 Å². The first-order valence-corrected chi connectivity index (χ1v) is 7.99. The van der Waals surface area contributed by atoms with Crippen LogP contribution < -0.4 is 10.2 Å². The number of hydrogen-bond donors (Lipinski definition) is 3. The van der Waals surface area contributed by atoms with Crippen LogP contribution in [0.15, 0.2) is 24.4 Å². The van der Waals surface area contributed by atoms with Crippen LogP contribution in [0.2, 0.25) is 0 Å². The van der Waals surface area contributed by atoms with Crippen LogP contribution in [0, 0.1) is 11.3 Å². The van der Waals surface area contributed by atoms with Gasteiger partial charge in [0.25, 0.3) is 0 Å². The molecule has 130 valence electrons. The number of piperazine rings is 1. The van der Waals surface area contributed by atoms with Crippen molar-refractivity contribution in [1.82, 2.24) is 25.5 Å². The lowest BCUT2D eigenvalue weighted by molar-refractivity contribution is 0.282. The maximum Gasteiger partial charge on any atom is 0.216 e. The molecule has 1 fully saturated rings. The number of nitrogens with one attached hydrogen (secondary N) is 2. The molecule has 3 N–H and O–H groups in total. The Morgan fingerprint density at radius 1 is 1.40 bits per heavy atom. The zero-order valence-corrected chi connectivity index (χ0v) is 14.0. The van der Waals surface area contributed by atoms with Crippen LogP contribution in [0.1, 0.15) is 11.4 Å². The van der Waals surface area contributed by atoms with Gasteiger partial charge in [-0.1, -0.05) is 6.07 Å². The molecule has 0 spiro atoms. The third-order valence-electron chi connectivity index (χ3n) is 4.17. The second-order valence-electron chi connectivity index (χ2n) is 5.85. The number of tetrazole rings is 1. The molecule has 2 heterocycles. The van der Waals surface area contributed by atoms with E-state index < -0.39 is 0 Å². The van der Waals surface area contributed by atoms with E-state index in [1.807, 2.05) is 18.2 Å². The molecule has 0 radical (unpaired) electrons. The van der Waals surface area contributed by atoms with E-state index in [1.54, 1.807) is 6.20 Å². The van der Waals surface area contributed by atoms with Crippen LogP contribution in [0.25, 0.3) is 5.57 Å². The van der Waals surface area contributed by atoms with Crippen molar-refractivity contribution in [3.8, 4) is 6.07 Å². The highest BCUT2D eigenvalue weighted by Crippen LogP contribution is 2.29. The number of nitriles is 1. The Morgan fingerprint density at radius 2 is 2.20 bits per heavy atom. The van der Waals surface area contributed by atoms with Crippen molar-refractivity contribution < 1.29 is 5.11 Å². The van der Waals surface area contributed by atoms with E-state index in [2.05, 4.69) is 48.9 Å². The van der Waals surface area contributed by atoms with Gasteiger partial charge in [-0.05, 0) is 30.0 Å². The molecule has 1 saturated heterocycles. The fraction of sp³-hybridized carbons (Fsp3) is 0.375. The van der Waals surface area contributed by atoms with Gasteiger partial charge < -0.3 is 20.2 Å². The van der Waals surface area contributed by atoms with Crippen LogP contribution >= 0.6 is 0 Å². The largest absolute Gasteiger partial charge is 0.392 e. The minimum absolute atomic E-state index is 0.0443. The first-order valence-electron chi connectivity index (χ1n) is 7.99. The Labute approximate surface area is 145 Å². The molecule has 3 rings (SSSR count). The maximum atomic E-state index is 9.42. The number of aromatic amines is 1. The molecule has 0 atom stereocenters. The lowest BCUT2D eigenvalue weighted by Crippen LogP contribution is -2.44. The summed E-state index contributed by atoms with van der Waals surface area (Å²) >= 11 is 0. The van der Waals surface area contributed by atoms with E-state index >= 15 is 0 Å². The molecule has 9 nitrogen and oxygen atoms in total. The summed E-state index contributed by atoms with van der Waals surface area (Å²) in [6.45, 7) is 3.77. The van der Waals surface area contributed by atoms with Crippen molar-refractivity contribution in [2.24, 2.45) is 0 Å². The SMILES string of the molecule is CN1CCN(c2ccc(CO)cc2NC=C(C#N)c2nn[nH]n2)CC1. The summed E-state index contributed by atoms with van der Waals surface area (Å²) < 4.78 is 0. The number of aliphatic hydroxyl groups excluding tert-OH is 1. The van der Waals surface area contributed by atoms with Crippen LogP contribution in [-0.2, 0) is 6.61 Å². The van der Waals surface area contributed by atoms with Gasteiger partial charge in [0, 0.05) is 32.4 Å². The average molecular weight is 340 g/mol. The quantitative estimate of drug-likeness (QED) is 0.671. The van der Waals surface area contributed by atoms with Gasteiger partial charge >= 0.3 is 0 Å². The number of hydrogen-bond acceptors (Lipinski definition) is 8. The van der Waals surface area contributed by atoms with Crippen LogP contribution in [-0.4, -0.2) is 63.9 Å². The predicted octanol–water partition coefficient (Wildman–Crippen LogP) is 0.420. The number of likely N-dealkylation sites (N-methyl/N-ethyl adjacent to an activating group) is 1. The van der Waals surface area contributed by atoms with Gasteiger partial charge in [-0.2, -0.15) is 10.5 Å². The number of H-pyrrole nitrogens is 1. The third-order valence-corrected chi connectivity index (χ3v) is 4.17. The molecule has 0 aliphatic carbocycles. The van der Waals surface area contributed by atoms with Gasteiger partial charge in [0.05, 0.1) is 18.0 Å². The van der Waals surface area contributed by atoms with Crippen molar-refractivity contribution in [1.29, 1.82) is 5.26 Å². The molecule has 0 saturated carbocycles. The second kappa shape index (κ2) is 7.74. The summed E-state index contributed by atoms with van der Waals surface area (Å²) in [5.74, 6) is 0.231. The Morgan fingerprint density at radius 3 is 2.84 bits per heavy atom. The number of nitrogens with zero attached hydrogens (tertiary/aromatic N) is 6. The fourth-order valence-electron chi connectivity index (χ4n) is 2.69. The molecule has 9 heteroatoms. The molecule has 0 bridgehead atoms. The van der Waals surface area contributed by atoms with E-state index in [0.717, 1.165) is 43.1 Å². The summed E-state index contributed by atoms with van der Waals surface area (Å²) in [6, 6.07) is 7.84. The summed E-state index contributed by atoms with van der Waals surface area (Å²) in [5.41, 5.74) is 2.93. The highest BCUT2D eigenvalue weighted by atomic mass is 16.3. The molecular formula is C16H20N8O. The van der Waals surface area contributed by atoms with E-state index in [-0.39, 0.29) is 18.0 Å². The summed E-state index contributed by atoms with van der Waals surface area (Å²) in [6.07, 6.45) is 1.56. The van der Waals surface area contributed by atoms with Gasteiger partial charge in [0.1, 0.15) is 11.6 Å². The maximum absolute atomic E-state index is 9.42. The average Bonchev–Trinajstić information content (AvgIpc) is 3.17. The predicted molar refractivity (Wildman–Crippen MR) is 93.5 cm³/mol. The van der Waals surface area contributed by atoms with Crippen LogP contribution in [0.3, 0.4) is 0 Å². The monoisotopic (exact) mass is 340 g/mol. The highest BCUT2D eigenvalue weighted by Gasteiger charge is 2.17. The standard InChI is InChI=1S/C16H20N8O/c1-23-4-6-24(7-5-23)15-3-2-12(11-25)8-14(15)18-10-13(9-17)16-19-21-22-20-16/h2-3,8,10,18,25H,4-7,11H2,1H3,(H,19,20,21,22). The fourth-order valence-corrected chi connectivity index (χ4v) is 2.69. The van der Waals surface area contributed by atoms with Crippen LogP contribution in [0.4, 0.5) is 11.4 Å². The van der Waals surface area contributed by atoms with Gasteiger partial charge in [-0.3, -0.25) is 0 Å². The molecule has 2 aromatic rings. The van der Waals surface area contributed by atoms with Gasteiger partial charge in [0.15, 0.2) is 0 Å². The van der Waals surface area contributed by atoms with E-state index in [9.17, 15) is 10.4 Å². The molecule has 1 aliphatic heterocycles. The van der Waals surface area contributed by atoms with Crippen molar-refractivity contribution in [2.75, 3.05) is 43.4 Å². The molecule has 25 heavy (non-hydrogen) atoms. The number of aromatic nitrogens is 4. The summed E-state index contributed by atoms with van der Waals surface area (Å²) in [5, 5.41) is 35.3. The number of rotatable bonds is 5. The van der Waals surface area contributed by atoms with Crippen molar-refractivity contribution in [3.63, 3.8) is 0 Å². The lowest BCUT2D eigenvalue weighted by Gasteiger charge is -2.35. The molecule has 1 aliphatic rings. The Bertz CT molecular complexity index is 772. The Balaban J connectivity index is 1.87. The van der Waals surface area contributed by atoms with E-state index in [0.29, 0.717) is 0 Å². The molecule has 0 amide bonds. The minimum atomic E-state index is -0.0443. The summed E-state index contributed by atoms with van der Waals surface area (Å²) in [7, 11) is 2.11. The third kappa shape index (κ3) is 3.93. The normalized spacial score (nSPS) is 15.9. The number of anilines is 2. The number of benzene rings is 1. The van der Waals surface area contributed by atoms with Crippen molar-refractivity contribution in [3.05, 3.63) is 35.8 Å². The minimum Gasteiger partial charge on any atom is -0.392 e. The zero-order valence-electron chi connectivity index (χ0n) is 14.0. The smallest absolute Gasteiger partial charge is 0.216 e. The van der Waals surface area contributed by atoms with Crippen molar-refractivity contribution in [2.45, 2.75) is 6.61 Å². The molecule has 1 aromatic heterocycles. The number of aliphatic hydroxyl groups is 1. The molecular weight excluding hydrogens is 320 g/mol. The Hall–Kier alpha value is -2.96. The topological polar surface area (TPSA) is 117 Å². The van der Waals surface area contributed by atoms with Crippen molar-refractivity contribution >= 4 is 16.9 Å². The highest BCUT2D eigenvalue weighted by molar-refractivity contribution is 5.78. The molecule has 0 unspecified atom stereocenters. The van der Waals surface area contributed by atoms with E-state index in [1.165, 1.54) is 0 Å².